The first kappa shape index (κ1) is 15.2. The Balaban J connectivity index is 1.71. The zero-order valence-electron chi connectivity index (χ0n) is 12.0. The van der Waals surface area contributed by atoms with Crippen LogP contribution in [0.1, 0.15) is 6.92 Å². The molecule has 0 aromatic heterocycles. The minimum atomic E-state index is -0.595. The third kappa shape index (κ3) is 4.44. The number of aliphatic hydroxyl groups is 1. The van der Waals surface area contributed by atoms with Crippen LogP contribution in [0.25, 0.3) is 0 Å². The molecule has 2 rings (SSSR count). The van der Waals surface area contributed by atoms with E-state index in [2.05, 4.69) is 16.7 Å². The summed E-state index contributed by atoms with van der Waals surface area (Å²) in [5, 5.41) is 9.97. The molecule has 5 heteroatoms. The molecule has 4 nitrogen and oxygen atoms in total. The highest BCUT2D eigenvalue weighted by Gasteiger charge is 2.18. The molecule has 0 aliphatic carbocycles. The number of hydrogen-bond acceptors (Lipinski definition) is 4. The Bertz CT molecular complexity index is 409. The van der Waals surface area contributed by atoms with E-state index in [4.69, 9.17) is 4.74 Å². The molecule has 1 aromatic carbocycles. The number of nitrogens with zero attached hydrogens (tertiary/aromatic N) is 2. The van der Waals surface area contributed by atoms with Gasteiger partial charge in [-0.15, -0.1) is 0 Å². The van der Waals surface area contributed by atoms with Crippen molar-refractivity contribution in [1.29, 1.82) is 0 Å². The zero-order valence-corrected chi connectivity index (χ0v) is 12.0. The molecule has 0 radical (unpaired) electrons. The van der Waals surface area contributed by atoms with Gasteiger partial charge in [-0.1, -0.05) is 19.1 Å². The van der Waals surface area contributed by atoms with Gasteiger partial charge in [-0.05, 0) is 18.7 Å². The highest BCUT2D eigenvalue weighted by atomic mass is 19.1. The van der Waals surface area contributed by atoms with Crippen molar-refractivity contribution >= 4 is 0 Å². The van der Waals surface area contributed by atoms with E-state index < -0.39 is 11.9 Å². The second kappa shape index (κ2) is 7.57. The molecule has 0 amide bonds. The first-order valence-corrected chi connectivity index (χ1v) is 7.19. The number of likely N-dealkylation sites (N-methyl/N-ethyl adjacent to an activating group) is 1. The minimum absolute atomic E-state index is 0.120. The van der Waals surface area contributed by atoms with E-state index in [1.807, 2.05) is 0 Å². The Morgan fingerprint density at radius 3 is 2.50 bits per heavy atom. The quantitative estimate of drug-likeness (QED) is 0.850. The highest BCUT2D eigenvalue weighted by Crippen LogP contribution is 2.15. The number of halogens is 1. The molecular weight excluding hydrogens is 259 g/mol. The first-order chi connectivity index (χ1) is 9.69. The van der Waals surface area contributed by atoms with Crippen molar-refractivity contribution in [1.82, 2.24) is 9.80 Å². The van der Waals surface area contributed by atoms with Crippen LogP contribution in [0.3, 0.4) is 0 Å². The maximum Gasteiger partial charge on any atom is 0.165 e. The SMILES string of the molecule is CCN1CCN(CC(O)COc2ccccc2F)CC1. The summed E-state index contributed by atoms with van der Waals surface area (Å²) in [5.74, 6) is -0.196. The van der Waals surface area contributed by atoms with Gasteiger partial charge in [0.15, 0.2) is 11.6 Å². The molecule has 1 unspecified atom stereocenters. The van der Waals surface area contributed by atoms with Gasteiger partial charge in [0, 0.05) is 32.7 Å². The van der Waals surface area contributed by atoms with Gasteiger partial charge in [0.25, 0.3) is 0 Å². The van der Waals surface area contributed by atoms with Gasteiger partial charge in [-0.2, -0.15) is 0 Å². The molecule has 0 saturated carbocycles. The van der Waals surface area contributed by atoms with Crippen LogP contribution >= 0.6 is 0 Å². The summed E-state index contributed by atoms with van der Waals surface area (Å²) in [7, 11) is 0. The average molecular weight is 282 g/mol. The molecule has 1 saturated heterocycles. The zero-order chi connectivity index (χ0) is 14.4. The van der Waals surface area contributed by atoms with E-state index in [1.165, 1.54) is 6.07 Å². The topological polar surface area (TPSA) is 35.9 Å². The molecule has 1 aliphatic heterocycles. The van der Waals surface area contributed by atoms with Gasteiger partial charge in [0.05, 0.1) is 0 Å². The molecule has 1 N–H and O–H groups in total. The number of ether oxygens (including phenoxy) is 1. The van der Waals surface area contributed by atoms with Crippen molar-refractivity contribution in [3.63, 3.8) is 0 Å². The van der Waals surface area contributed by atoms with E-state index in [0.29, 0.717) is 6.54 Å². The van der Waals surface area contributed by atoms with Gasteiger partial charge in [-0.3, -0.25) is 4.90 Å². The lowest BCUT2D eigenvalue weighted by atomic mass is 10.2. The third-order valence-electron chi connectivity index (χ3n) is 3.65. The lowest BCUT2D eigenvalue weighted by Gasteiger charge is -2.34. The van der Waals surface area contributed by atoms with E-state index in [-0.39, 0.29) is 12.4 Å². The Hall–Kier alpha value is -1.17. The molecule has 112 valence electrons. The summed E-state index contributed by atoms with van der Waals surface area (Å²) in [6.45, 7) is 7.93. The summed E-state index contributed by atoms with van der Waals surface area (Å²) < 4.78 is 18.7. The second-order valence-corrected chi connectivity index (χ2v) is 5.13. The van der Waals surface area contributed by atoms with Crippen LogP contribution < -0.4 is 4.74 Å². The van der Waals surface area contributed by atoms with Crippen molar-refractivity contribution in [3.8, 4) is 5.75 Å². The van der Waals surface area contributed by atoms with Crippen LogP contribution in [0.15, 0.2) is 24.3 Å². The fourth-order valence-corrected chi connectivity index (χ4v) is 2.39. The van der Waals surface area contributed by atoms with Gasteiger partial charge >= 0.3 is 0 Å². The lowest BCUT2D eigenvalue weighted by molar-refractivity contribution is 0.0462. The average Bonchev–Trinajstić information content (AvgIpc) is 2.47. The summed E-state index contributed by atoms with van der Waals surface area (Å²) in [6.07, 6.45) is -0.595. The molecule has 0 spiro atoms. The maximum absolute atomic E-state index is 13.4. The van der Waals surface area contributed by atoms with Crippen molar-refractivity contribution in [2.45, 2.75) is 13.0 Å². The van der Waals surface area contributed by atoms with Crippen LogP contribution in [-0.2, 0) is 0 Å². The van der Waals surface area contributed by atoms with Crippen LogP contribution in [-0.4, -0.2) is 66.9 Å². The van der Waals surface area contributed by atoms with Crippen molar-refractivity contribution < 1.29 is 14.2 Å². The monoisotopic (exact) mass is 282 g/mol. The Morgan fingerprint density at radius 1 is 1.20 bits per heavy atom. The van der Waals surface area contributed by atoms with Gasteiger partial charge in [0.1, 0.15) is 12.7 Å². The number of benzene rings is 1. The molecular formula is C15H23FN2O2. The van der Waals surface area contributed by atoms with Crippen molar-refractivity contribution in [2.75, 3.05) is 45.9 Å². The van der Waals surface area contributed by atoms with Crippen molar-refractivity contribution in [3.05, 3.63) is 30.1 Å². The molecule has 20 heavy (non-hydrogen) atoms. The van der Waals surface area contributed by atoms with E-state index in [0.717, 1.165) is 32.7 Å². The van der Waals surface area contributed by atoms with E-state index in [1.54, 1.807) is 18.2 Å². The first-order valence-electron chi connectivity index (χ1n) is 7.19. The van der Waals surface area contributed by atoms with Gasteiger partial charge < -0.3 is 14.7 Å². The number of aliphatic hydroxyl groups excluding tert-OH is 1. The number of hydrogen-bond donors (Lipinski definition) is 1. The fraction of sp³-hybridized carbons (Fsp3) is 0.600. The van der Waals surface area contributed by atoms with E-state index in [9.17, 15) is 9.50 Å². The molecule has 1 atom stereocenters. The smallest absolute Gasteiger partial charge is 0.165 e. The predicted octanol–water partition coefficient (Wildman–Crippen LogP) is 1.20. The van der Waals surface area contributed by atoms with Gasteiger partial charge in [-0.25, -0.2) is 4.39 Å². The lowest BCUT2D eigenvalue weighted by Crippen LogP contribution is -2.49. The van der Waals surface area contributed by atoms with Crippen molar-refractivity contribution in [2.24, 2.45) is 0 Å². The minimum Gasteiger partial charge on any atom is -0.488 e. The number of piperazine rings is 1. The molecule has 0 bridgehead atoms. The fourth-order valence-electron chi connectivity index (χ4n) is 2.39. The summed E-state index contributed by atoms with van der Waals surface area (Å²) in [5.41, 5.74) is 0. The Labute approximate surface area is 119 Å². The number of rotatable bonds is 6. The highest BCUT2D eigenvalue weighted by molar-refractivity contribution is 5.23. The molecule has 1 aliphatic rings. The predicted molar refractivity (Wildman–Crippen MR) is 76.5 cm³/mol. The second-order valence-electron chi connectivity index (χ2n) is 5.13. The summed E-state index contributed by atoms with van der Waals surface area (Å²) in [6, 6.07) is 6.26. The molecule has 1 fully saturated rings. The summed E-state index contributed by atoms with van der Waals surface area (Å²) in [4.78, 5) is 4.61. The number of para-hydroxylation sites is 1. The van der Waals surface area contributed by atoms with Crippen LogP contribution in [0.4, 0.5) is 4.39 Å². The van der Waals surface area contributed by atoms with Crippen LogP contribution in [0.2, 0.25) is 0 Å². The van der Waals surface area contributed by atoms with Crippen LogP contribution in [0, 0.1) is 5.82 Å². The standard InChI is InChI=1S/C15H23FN2O2/c1-2-17-7-9-18(10-8-17)11-13(19)12-20-15-6-4-3-5-14(15)16/h3-6,13,19H,2,7-12H2,1H3. The van der Waals surface area contributed by atoms with Crippen LogP contribution in [0.5, 0.6) is 5.75 Å². The Kier molecular flexibility index (Phi) is 5.76. The van der Waals surface area contributed by atoms with Gasteiger partial charge in [0.2, 0.25) is 0 Å². The molecule has 1 heterocycles. The largest absolute Gasteiger partial charge is 0.488 e. The van der Waals surface area contributed by atoms with E-state index >= 15 is 0 Å². The molecule has 1 aromatic rings. The summed E-state index contributed by atoms with van der Waals surface area (Å²) >= 11 is 0. The Morgan fingerprint density at radius 2 is 1.85 bits per heavy atom. The number of β-amino-alcohol motifs (C(OH)–C–C–N with tert-alkyl or cyclic N) is 1. The maximum atomic E-state index is 13.4. The normalized spacial score (nSPS) is 18.9. The third-order valence-corrected chi connectivity index (χ3v) is 3.65.